The van der Waals surface area contributed by atoms with E-state index >= 15 is 0 Å². The van der Waals surface area contributed by atoms with E-state index in [4.69, 9.17) is 16.3 Å². The lowest BCUT2D eigenvalue weighted by Gasteiger charge is -2.57. The van der Waals surface area contributed by atoms with E-state index in [1.807, 2.05) is 13.8 Å². The monoisotopic (exact) mass is 362 g/mol. The summed E-state index contributed by atoms with van der Waals surface area (Å²) in [5, 5.41) is -0.374. The van der Waals surface area contributed by atoms with Crippen LogP contribution in [0.2, 0.25) is 5.02 Å². The fraction of sp³-hybridized carbons (Fsp3) is 0.562. The van der Waals surface area contributed by atoms with Gasteiger partial charge in [0.1, 0.15) is 6.17 Å². The number of carbonyl (C=O) groups excluding carboxylic acids is 1. The molecule has 0 aliphatic carbocycles. The van der Waals surface area contributed by atoms with E-state index in [1.165, 1.54) is 17.0 Å². The highest BCUT2D eigenvalue weighted by atomic mass is 35.5. The molecular formula is C16H18ClF3N2O2. The van der Waals surface area contributed by atoms with E-state index in [9.17, 15) is 18.0 Å². The quantitative estimate of drug-likeness (QED) is 0.756. The lowest BCUT2D eigenvalue weighted by atomic mass is 9.77. The zero-order valence-corrected chi connectivity index (χ0v) is 14.1. The molecule has 1 aromatic rings. The maximum absolute atomic E-state index is 13.1. The number of amides is 1. The molecule has 2 aliphatic rings. The number of carbonyl (C=O) groups is 1. The van der Waals surface area contributed by atoms with Gasteiger partial charge in [-0.1, -0.05) is 11.6 Å². The van der Waals surface area contributed by atoms with E-state index in [0.717, 1.165) is 6.07 Å². The van der Waals surface area contributed by atoms with Gasteiger partial charge in [-0.2, -0.15) is 13.2 Å². The Hall–Kier alpha value is -1.31. The molecule has 0 radical (unpaired) electrons. The first-order chi connectivity index (χ1) is 11.1. The number of β-lactam (4-membered cyclic amide) rings is 1. The van der Waals surface area contributed by atoms with Crippen molar-refractivity contribution in [2.75, 3.05) is 31.2 Å². The minimum absolute atomic E-state index is 0.200. The van der Waals surface area contributed by atoms with Crippen molar-refractivity contribution in [1.82, 2.24) is 4.90 Å². The molecule has 1 amide bonds. The Balaban J connectivity index is 1.96. The minimum atomic E-state index is -4.56. The Bertz CT molecular complexity index is 657. The second kappa shape index (κ2) is 5.89. The smallest absolute Gasteiger partial charge is 0.379 e. The van der Waals surface area contributed by atoms with E-state index in [-0.39, 0.29) is 22.8 Å². The molecule has 0 spiro atoms. The van der Waals surface area contributed by atoms with E-state index in [1.54, 1.807) is 0 Å². The maximum Gasteiger partial charge on any atom is 0.417 e. The molecule has 0 aromatic heterocycles. The van der Waals surface area contributed by atoms with Gasteiger partial charge in [-0.15, -0.1) is 0 Å². The molecule has 2 saturated heterocycles. The van der Waals surface area contributed by atoms with Gasteiger partial charge in [-0.3, -0.25) is 14.6 Å². The number of anilines is 1. The van der Waals surface area contributed by atoms with Gasteiger partial charge in [0, 0.05) is 18.8 Å². The summed E-state index contributed by atoms with van der Waals surface area (Å²) in [5.41, 5.74) is -1.37. The fourth-order valence-electron chi connectivity index (χ4n) is 3.37. The number of alkyl halides is 3. The largest absolute Gasteiger partial charge is 0.417 e. The molecule has 24 heavy (non-hydrogen) atoms. The van der Waals surface area contributed by atoms with Crippen LogP contribution < -0.4 is 4.90 Å². The molecule has 1 unspecified atom stereocenters. The number of benzene rings is 1. The van der Waals surface area contributed by atoms with Gasteiger partial charge in [0.15, 0.2) is 0 Å². The third kappa shape index (κ3) is 2.78. The first-order valence-corrected chi connectivity index (χ1v) is 8.04. The van der Waals surface area contributed by atoms with Gasteiger partial charge in [0.05, 0.1) is 29.2 Å². The van der Waals surface area contributed by atoms with Crippen LogP contribution in [0.4, 0.5) is 18.9 Å². The Morgan fingerprint density at radius 1 is 1.25 bits per heavy atom. The summed E-state index contributed by atoms with van der Waals surface area (Å²) in [5.74, 6) is -0.200. The molecule has 2 aliphatic heterocycles. The SMILES string of the molecule is CC1(C)C(=O)N(c2ccc(Cl)c(C(F)(F)F)c2)C1N1CCOCC1. The molecule has 3 rings (SSSR count). The normalized spacial score (nSPS) is 24.8. The predicted octanol–water partition coefficient (Wildman–Crippen LogP) is 3.39. The molecule has 0 bridgehead atoms. The number of nitrogens with zero attached hydrogens (tertiary/aromatic N) is 2. The van der Waals surface area contributed by atoms with Crippen molar-refractivity contribution < 1.29 is 22.7 Å². The first-order valence-electron chi connectivity index (χ1n) is 7.66. The second-order valence-corrected chi connectivity index (χ2v) is 6.99. The minimum Gasteiger partial charge on any atom is -0.379 e. The van der Waals surface area contributed by atoms with Crippen LogP contribution in [0.3, 0.4) is 0 Å². The van der Waals surface area contributed by atoms with Crippen LogP contribution in [-0.4, -0.2) is 43.3 Å². The number of morpholine rings is 1. The highest BCUT2D eigenvalue weighted by Crippen LogP contribution is 2.45. The summed E-state index contributed by atoms with van der Waals surface area (Å²) < 4.78 is 44.6. The van der Waals surface area contributed by atoms with Crippen molar-refractivity contribution >= 4 is 23.2 Å². The van der Waals surface area contributed by atoms with Crippen molar-refractivity contribution in [2.24, 2.45) is 5.41 Å². The Labute approximate surface area is 143 Å². The topological polar surface area (TPSA) is 32.8 Å². The van der Waals surface area contributed by atoms with Gasteiger partial charge in [0.2, 0.25) is 5.91 Å². The Morgan fingerprint density at radius 2 is 1.88 bits per heavy atom. The van der Waals surface area contributed by atoms with E-state index < -0.39 is 17.2 Å². The van der Waals surface area contributed by atoms with Gasteiger partial charge in [-0.25, -0.2) is 0 Å². The molecule has 0 saturated carbocycles. The predicted molar refractivity (Wildman–Crippen MR) is 83.9 cm³/mol. The summed E-state index contributed by atoms with van der Waals surface area (Å²) in [6, 6.07) is 3.59. The molecule has 0 N–H and O–H groups in total. The Morgan fingerprint density at radius 3 is 2.46 bits per heavy atom. The van der Waals surface area contributed by atoms with Crippen molar-refractivity contribution in [3.05, 3.63) is 28.8 Å². The van der Waals surface area contributed by atoms with Crippen LogP contribution in [0.15, 0.2) is 18.2 Å². The summed E-state index contributed by atoms with van der Waals surface area (Å²) >= 11 is 5.67. The third-order valence-electron chi connectivity index (χ3n) is 4.59. The average molecular weight is 363 g/mol. The molecule has 1 aromatic carbocycles. The Kier molecular flexibility index (Phi) is 4.30. The lowest BCUT2D eigenvalue weighted by Crippen LogP contribution is -2.74. The van der Waals surface area contributed by atoms with Crippen LogP contribution in [-0.2, 0) is 15.7 Å². The zero-order chi connectivity index (χ0) is 17.7. The second-order valence-electron chi connectivity index (χ2n) is 6.58. The highest BCUT2D eigenvalue weighted by Gasteiger charge is 2.57. The molecule has 2 heterocycles. The summed E-state index contributed by atoms with van der Waals surface area (Å²) in [6.07, 6.45) is -4.86. The van der Waals surface area contributed by atoms with Gasteiger partial charge >= 0.3 is 6.18 Å². The molecule has 8 heteroatoms. The van der Waals surface area contributed by atoms with Crippen molar-refractivity contribution in [3.8, 4) is 0 Å². The number of ether oxygens (including phenoxy) is 1. The number of hydrogen-bond donors (Lipinski definition) is 0. The van der Waals surface area contributed by atoms with Crippen LogP contribution >= 0.6 is 11.6 Å². The standard InChI is InChI=1S/C16H18ClF3N2O2/c1-15(2)13(21-5-7-24-8-6-21)22(14(15)23)10-3-4-12(17)11(9-10)16(18,19)20/h3-4,9,13H,5-8H2,1-2H3. The van der Waals surface area contributed by atoms with Crippen LogP contribution in [0, 0.1) is 5.41 Å². The van der Waals surface area contributed by atoms with Crippen molar-refractivity contribution in [2.45, 2.75) is 26.2 Å². The lowest BCUT2D eigenvalue weighted by molar-refractivity contribution is -0.147. The van der Waals surface area contributed by atoms with Crippen LogP contribution in [0.25, 0.3) is 0 Å². The van der Waals surface area contributed by atoms with Gasteiger partial charge < -0.3 is 4.74 Å². The van der Waals surface area contributed by atoms with E-state index in [2.05, 4.69) is 4.90 Å². The maximum atomic E-state index is 13.1. The third-order valence-corrected chi connectivity index (χ3v) is 4.91. The van der Waals surface area contributed by atoms with Crippen molar-refractivity contribution in [3.63, 3.8) is 0 Å². The molecule has 2 fully saturated rings. The molecule has 1 atom stereocenters. The molecule has 132 valence electrons. The van der Waals surface area contributed by atoms with Gasteiger partial charge in [0.25, 0.3) is 0 Å². The number of hydrogen-bond acceptors (Lipinski definition) is 3. The first kappa shape index (κ1) is 17.5. The summed E-state index contributed by atoms with van der Waals surface area (Å²) in [4.78, 5) is 16.0. The van der Waals surface area contributed by atoms with Crippen LogP contribution in [0.1, 0.15) is 19.4 Å². The number of rotatable bonds is 2. The zero-order valence-electron chi connectivity index (χ0n) is 13.4. The molecular weight excluding hydrogens is 345 g/mol. The summed E-state index contributed by atoms with van der Waals surface area (Å²) in [7, 11) is 0. The fourth-order valence-corrected chi connectivity index (χ4v) is 3.59. The van der Waals surface area contributed by atoms with Crippen LogP contribution in [0.5, 0.6) is 0 Å². The van der Waals surface area contributed by atoms with Gasteiger partial charge in [-0.05, 0) is 32.0 Å². The highest BCUT2D eigenvalue weighted by molar-refractivity contribution is 6.31. The summed E-state index contributed by atoms with van der Waals surface area (Å²) in [6.45, 7) is 5.99. The molecule has 4 nitrogen and oxygen atoms in total. The van der Waals surface area contributed by atoms with E-state index in [0.29, 0.717) is 26.3 Å². The average Bonchev–Trinajstić information content (AvgIpc) is 2.52. The number of halogens is 4. The van der Waals surface area contributed by atoms with Crippen molar-refractivity contribution in [1.29, 1.82) is 0 Å².